The third-order valence-corrected chi connectivity index (χ3v) is 2.35. The average Bonchev–Trinajstić information content (AvgIpc) is 2.32. The van der Waals surface area contributed by atoms with Gasteiger partial charge in [-0.15, -0.1) is 0 Å². The monoisotopic (exact) mass is 292 g/mol. The van der Waals surface area contributed by atoms with Crippen molar-refractivity contribution in [3.8, 4) is 17.0 Å². The van der Waals surface area contributed by atoms with E-state index in [4.69, 9.17) is 11.6 Å². The van der Waals surface area contributed by atoms with Gasteiger partial charge < -0.3 is 4.74 Å². The van der Waals surface area contributed by atoms with Gasteiger partial charge in [0.1, 0.15) is 16.7 Å². The van der Waals surface area contributed by atoms with Crippen LogP contribution < -0.4 is 4.74 Å². The molecule has 2 rings (SSSR count). The second-order valence-corrected chi connectivity index (χ2v) is 3.72. The van der Waals surface area contributed by atoms with Crippen LogP contribution in [0.25, 0.3) is 11.3 Å². The maximum absolute atomic E-state index is 13.9. The molecule has 0 atom stereocenters. The van der Waals surface area contributed by atoms with Gasteiger partial charge in [0.15, 0.2) is 11.6 Å². The molecule has 2 aromatic heterocycles. The van der Waals surface area contributed by atoms with E-state index in [0.29, 0.717) is 0 Å². The summed E-state index contributed by atoms with van der Waals surface area (Å²) in [6.45, 7) is -3.20. The summed E-state index contributed by atoms with van der Waals surface area (Å²) in [5.74, 6) is -2.80. The average molecular weight is 293 g/mol. The van der Waals surface area contributed by atoms with Gasteiger partial charge in [-0.2, -0.15) is 8.78 Å². The summed E-state index contributed by atoms with van der Waals surface area (Å²) in [5.41, 5.74) is -0.790. The van der Waals surface area contributed by atoms with Gasteiger partial charge in [0.05, 0.1) is 5.56 Å². The summed E-state index contributed by atoms with van der Waals surface area (Å²) in [4.78, 5) is 7.16. The summed E-state index contributed by atoms with van der Waals surface area (Å²) in [6, 6.07) is 1.77. The number of aromatic nitrogens is 2. The molecule has 19 heavy (non-hydrogen) atoms. The number of halogens is 5. The van der Waals surface area contributed by atoms with E-state index in [-0.39, 0.29) is 10.7 Å². The molecule has 0 radical (unpaired) electrons. The van der Waals surface area contributed by atoms with Gasteiger partial charge in [0.2, 0.25) is 0 Å². The van der Waals surface area contributed by atoms with Crippen molar-refractivity contribution in [1.82, 2.24) is 9.97 Å². The highest BCUT2D eigenvalue weighted by molar-refractivity contribution is 6.29. The molecule has 0 bridgehead atoms. The van der Waals surface area contributed by atoms with Gasteiger partial charge in [0, 0.05) is 24.5 Å². The van der Waals surface area contributed by atoms with E-state index in [2.05, 4.69) is 14.7 Å². The van der Waals surface area contributed by atoms with Crippen LogP contribution in [0.5, 0.6) is 5.75 Å². The maximum Gasteiger partial charge on any atom is 0.387 e. The van der Waals surface area contributed by atoms with Crippen LogP contribution in [0.2, 0.25) is 5.15 Å². The molecule has 8 heteroatoms. The van der Waals surface area contributed by atoms with Crippen LogP contribution in [0.3, 0.4) is 0 Å². The number of pyridine rings is 2. The first-order valence-corrected chi connectivity index (χ1v) is 5.27. The molecule has 0 saturated carbocycles. The number of nitrogens with zero attached hydrogens (tertiary/aromatic N) is 2. The number of ether oxygens (including phenoxy) is 1. The number of hydrogen-bond donors (Lipinski definition) is 0. The summed E-state index contributed by atoms with van der Waals surface area (Å²) in [5, 5.41) is -0.123. The lowest BCUT2D eigenvalue weighted by Gasteiger charge is -2.09. The minimum Gasteiger partial charge on any atom is -0.432 e. The predicted molar refractivity (Wildman–Crippen MR) is 59.0 cm³/mol. The molecular formula is C11H5ClF4N2O. The molecule has 0 aromatic carbocycles. The van der Waals surface area contributed by atoms with Crippen molar-refractivity contribution >= 4 is 11.6 Å². The van der Waals surface area contributed by atoms with Crippen molar-refractivity contribution in [1.29, 1.82) is 0 Å². The van der Waals surface area contributed by atoms with Gasteiger partial charge in [0.25, 0.3) is 0 Å². The molecule has 100 valence electrons. The fourth-order valence-electron chi connectivity index (χ4n) is 1.38. The Bertz CT molecular complexity index is 609. The van der Waals surface area contributed by atoms with Gasteiger partial charge in [-0.3, -0.25) is 4.98 Å². The van der Waals surface area contributed by atoms with E-state index in [0.717, 1.165) is 24.5 Å². The van der Waals surface area contributed by atoms with Crippen molar-refractivity contribution in [2.24, 2.45) is 0 Å². The number of hydrogen-bond acceptors (Lipinski definition) is 3. The van der Waals surface area contributed by atoms with Gasteiger partial charge in [-0.05, 0) is 0 Å². The Morgan fingerprint density at radius 1 is 1.21 bits per heavy atom. The SMILES string of the molecule is Fc1cc(Cl)ncc1-c1nccc(OC(F)F)c1F. The molecule has 0 spiro atoms. The molecule has 0 amide bonds. The van der Waals surface area contributed by atoms with Crippen LogP contribution in [-0.4, -0.2) is 16.6 Å². The molecule has 2 heterocycles. The van der Waals surface area contributed by atoms with Crippen molar-refractivity contribution in [2.75, 3.05) is 0 Å². The van der Waals surface area contributed by atoms with Crippen molar-refractivity contribution < 1.29 is 22.3 Å². The molecule has 0 fully saturated rings. The fraction of sp³-hybridized carbons (Fsp3) is 0.0909. The zero-order chi connectivity index (χ0) is 14.0. The van der Waals surface area contributed by atoms with E-state index in [1.165, 1.54) is 0 Å². The first-order chi connectivity index (χ1) is 8.99. The van der Waals surface area contributed by atoms with E-state index < -0.39 is 29.7 Å². The molecule has 0 N–H and O–H groups in total. The third kappa shape index (κ3) is 2.93. The summed E-state index contributed by atoms with van der Waals surface area (Å²) >= 11 is 5.46. The lowest BCUT2D eigenvalue weighted by molar-refractivity contribution is -0.0521. The van der Waals surface area contributed by atoms with Crippen molar-refractivity contribution in [3.63, 3.8) is 0 Å². The van der Waals surface area contributed by atoms with Gasteiger partial charge in [-0.1, -0.05) is 11.6 Å². The topological polar surface area (TPSA) is 35.0 Å². The Labute approximate surface area is 109 Å². The highest BCUT2D eigenvalue weighted by Crippen LogP contribution is 2.29. The van der Waals surface area contributed by atoms with Gasteiger partial charge in [-0.25, -0.2) is 13.8 Å². The highest BCUT2D eigenvalue weighted by Gasteiger charge is 2.18. The van der Waals surface area contributed by atoms with E-state index in [1.807, 2.05) is 0 Å². The Morgan fingerprint density at radius 3 is 2.58 bits per heavy atom. The lowest BCUT2D eigenvalue weighted by Crippen LogP contribution is -2.05. The molecule has 2 aromatic rings. The molecule has 0 aliphatic rings. The molecule has 3 nitrogen and oxygen atoms in total. The first kappa shape index (κ1) is 13.5. The fourth-order valence-corrected chi connectivity index (χ4v) is 1.53. The van der Waals surface area contributed by atoms with E-state index in [9.17, 15) is 17.6 Å². The highest BCUT2D eigenvalue weighted by atomic mass is 35.5. The minimum atomic E-state index is -3.20. The van der Waals surface area contributed by atoms with Crippen LogP contribution in [0.1, 0.15) is 0 Å². The van der Waals surface area contributed by atoms with Crippen LogP contribution >= 0.6 is 11.6 Å². The standard InChI is InChI=1S/C11H5ClF4N2O/c12-8-3-6(13)5(4-18-8)10-9(14)7(1-2-17-10)19-11(15)16/h1-4,11H. The van der Waals surface area contributed by atoms with Crippen LogP contribution in [0.4, 0.5) is 17.6 Å². The lowest BCUT2D eigenvalue weighted by atomic mass is 10.1. The molecule has 0 saturated heterocycles. The van der Waals surface area contributed by atoms with Gasteiger partial charge >= 0.3 is 6.61 Å². The van der Waals surface area contributed by atoms with Crippen molar-refractivity contribution in [3.05, 3.63) is 41.3 Å². The predicted octanol–water partition coefficient (Wildman–Crippen LogP) is 3.68. The molecule has 0 aliphatic heterocycles. The number of rotatable bonds is 3. The smallest absolute Gasteiger partial charge is 0.387 e. The minimum absolute atomic E-state index is 0.123. The molecule has 0 aliphatic carbocycles. The van der Waals surface area contributed by atoms with Crippen molar-refractivity contribution in [2.45, 2.75) is 6.61 Å². The maximum atomic E-state index is 13.9. The second kappa shape index (κ2) is 5.40. The Morgan fingerprint density at radius 2 is 1.95 bits per heavy atom. The van der Waals surface area contributed by atoms with Crippen LogP contribution in [0.15, 0.2) is 24.5 Å². The zero-order valence-electron chi connectivity index (χ0n) is 9.08. The summed E-state index contributed by atoms with van der Waals surface area (Å²) in [6.07, 6.45) is 1.97. The summed E-state index contributed by atoms with van der Waals surface area (Å²) in [7, 11) is 0. The third-order valence-electron chi connectivity index (χ3n) is 2.15. The summed E-state index contributed by atoms with van der Waals surface area (Å²) < 4.78 is 55.5. The Kier molecular flexibility index (Phi) is 3.84. The normalized spacial score (nSPS) is 10.8. The zero-order valence-corrected chi connectivity index (χ0v) is 9.84. The number of alkyl halides is 2. The van der Waals surface area contributed by atoms with E-state index in [1.54, 1.807) is 0 Å². The Balaban J connectivity index is 2.50. The quantitative estimate of drug-likeness (QED) is 0.639. The largest absolute Gasteiger partial charge is 0.432 e. The second-order valence-electron chi connectivity index (χ2n) is 3.34. The van der Waals surface area contributed by atoms with Crippen LogP contribution in [0, 0.1) is 11.6 Å². The molecule has 0 unspecified atom stereocenters. The molecular weight excluding hydrogens is 288 g/mol. The van der Waals surface area contributed by atoms with Crippen LogP contribution in [-0.2, 0) is 0 Å². The Hall–Kier alpha value is -1.89. The van der Waals surface area contributed by atoms with E-state index >= 15 is 0 Å². The first-order valence-electron chi connectivity index (χ1n) is 4.89.